The second-order valence-electron chi connectivity index (χ2n) is 5.16. The zero-order valence-corrected chi connectivity index (χ0v) is 12.1. The molecule has 0 aliphatic carbocycles. The SMILES string of the molecule is CCCc1nc2ccccc2n1Cc1ccc(C#N)cc1. The summed E-state index contributed by atoms with van der Waals surface area (Å²) in [6.45, 7) is 2.97. The summed E-state index contributed by atoms with van der Waals surface area (Å²) in [5.74, 6) is 1.13. The minimum absolute atomic E-state index is 0.697. The zero-order valence-electron chi connectivity index (χ0n) is 12.1. The second-order valence-corrected chi connectivity index (χ2v) is 5.16. The number of imidazole rings is 1. The molecule has 0 atom stereocenters. The summed E-state index contributed by atoms with van der Waals surface area (Å²) in [4.78, 5) is 4.74. The molecule has 0 amide bonds. The third-order valence-corrected chi connectivity index (χ3v) is 3.63. The molecule has 2 aromatic carbocycles. The minimum atomic E-state index is 0.697. The maximum Gasteiger partial charge on any atom is 0.110 e. The van der Waals surface area contributed by atoms with Crippen LogP contribution < -0.4 is 0 Å². The van der Waals surface area contributed by atoms with Gasteiger partial charge in [0.25, 0.3) is 0 Å². The Hall–Kier alpha value is -2.60. The number of hydrogen-bond donors (Lipinski definition) is 0. The molecule has 0 N–H and O–H groups in total. The lowest BCUT2D eigenvalue weighted by molar-refractivity contribution is 0.722. The van der Waals surface area contributed by atoms with Crippen LogP contribution in [0.1, 0.15) is 30.3 Å². The van der Waals surface area contributed by atoms with Gasteiger partial charge >= 0.3 is 0 Å². The summed E-state index contributed by atoms with van der Waals surface area (Å²) in [5.41, 5.74) is 4.11. The van der Waals surface area contributed by atoms with E-state index in [1.165, 1.54) is 11.1 Å². The lowest BCUT2D eigenvalue weighted by Gasteiger charge is -2.09. The van der Waals surface area contributed by atoms with E-state index in [0.29, 0.717) is 5.56 Å². The van der Waals surface area contributed by atoms with Crippen LogP contribution in [0.2, 0.25) is 0 Å². The molecule has 1 aromatic heterocycles. The second kappa shape index (κ2) is 5.80. The number of rotatable bonds is 4. The molecule has 3 aromatic rings. The van der Waals surface area contributed by atoms with E-state index in [4.69, 9.17) is 10.2 Å². The number of nitrogens with zero attached hydrogens (tertiary/aromatic N) is 3. The van der Waals surface area contributed by atoms with Crippen molar-refractivity contribution in [1.29, 1.82) is 5.26 Å². The number of hydrogen-bond acceptors (Lipinski definition) is 2. The number of aromatic nitrogens is 2. The Labute approximate surface area is 124 Å². The smallest absolute Gasteiger partial charge is 0.110 e. The molecule has 104 valence electrons. The molecule has 0 saturated heterocycles. The lowest BCUT2D eigenvalue weighted by atomic mass is 10.1. The summed E-state index contributed by atoms with van der Waals surface area (Å²) in [5, 5.41) is 8.88. The standard InChI is InChI=1S/C18H17N3/c1-2-5-18-20-16-6-3-4-7-17(16)21(18)13-15-10-8-14(12-19)9-11-15/h3-4,6-11H,2,5,13H2,1H3. The van der Waals surface area contributed by atoms with Gasteiger partial charge in [0.05, 0.1) is 22.7 Å². The van der Waals surface area contributed by atoms with Crippen molar-refractivity contribution in [2.75, 3.05) is 0 Å². The van der Waals surface area contributed by atoms with Crippen molar-refractivity contribution in [3.05, 3.63) is 65.5 Å². The molecule has 3 rings (SSSR count). The minimum Gasteiger partial charge on any atom is -0.323 e. The van der Waals surface area contributed by atoms with E-state index in [2.05, 4.69) is 35.8 Å². The number of fused-ring (bicyclic) bond motifs is 1. The van der Waals surface area contributed by atoms with Crippen molar-refractivity contribution in [1.82, 2.24) is 9.55 Å². The van der Waals surface area contributed by atoms with Crippen LogP contribution in [0.25, 0.3) is 11.0 Å². The maximum absolute atomic E-state index is 8.88. The van der Waals surface area contributed by atoms with E-state index in [-0.39, 0.29) is 0 Å². The zero-order chi connectivity index (χ0) is 14.7. The highest BCUT2D eigenvalue weighted by atomic mass is 15.1. The van der Waals surface area contributed by atoms with Gasteiger partial charge in [-0.1, -0.05) is 31.2 Å². The third-order valence-electron chi connectivity index (χ3n) is 3.63. The van der Waals surface area contributed by atoms with Crippen LogP contribution in [0, 0.1) is 11.3 Å². The van der Waals surface area contributed by atoms with E-state index in [0.717, 1.165) is 30.7 Å². The molecule has 1 heterocycles. The van der Waals surface area contributed by atoms with Gasteiger partial charge in [-0.3, -0.25) is 0 Å². The van der Waals surface area contributed by atoms with Gasteiger partial charge in [0.15, 0.2) is 0 Å². The van der Waals surface area contributed by atoms with Crippen molar-refractivity contribution in [2.45, 2.75) is 26.3 Å². The Bertz CT molecular complexity index is 791. The van der Waals surface area contributed by atoms with Gasteiger partial charge in [0.2, 0.25) is 0 Å². The topological polar surface area (TPSA) is 41.6 Å². The highest BCUT2D eigenvalue weighted by Gasteiger charge is 2.09. The quantitative estimate of drug-likeness (QED) is 0.724. The summed E-state index contributed by atoms with van der Waals surface area (Å²) in [6.07, 6.45) is 2.06. The van der Waals surface area contributed by atoms with E-state index < -0.39 is 0 Å². The highest BCUT2D eigenvalue weighted by Crippen LogP contribution is 2.19. The Morgan fingerprint density at radius 3 is 2.57 bits per heavy atom. The molecule has 0 fully saturated rings. The Kier molecular flexibility index (Phi) is 3.70. The first-order valence-corrected chi connectivity index (χ1v) is 7.25. The van der Waals surface area contributed by atoms with E-state index in [1.54, 1.807) is 0 Å². The lowest BCUT2D eigenvalue weighted by Crippen LogP contribution is -2.05. The largest absolute Gasteiger partial charge is 0.323 e. The number of benzene rings is 2. The first kappa shape index (κ1) is 13.4. The fourth-order valence-electron chi connectivity index (χ4n) is 2.58. The molecule has 0 unspecified atom stereocenters. The average molecular weight is 275 g/mol. The normalized spacial score (nSPS) is 10.7. The van der Waals surface area contributed by atoms with Gasteiger partial charge in [-0.25, -0.2) is 4.98 Å². The molecule has 0 saturated carbocycles. The van der Waals surface area contributed by atoms with Gasteiger partial charge < -0.3 is 4.57 Å². The van der Waals surface area contributed by atoms with Gasteiger partial charge in [-0.05, 0) is 36.2 Å². The summed E-state index contributed by atoms with van der Waals surface area (Å²) in [7, 11) is 0. The Morgan fingerprint density at radius 2 is 1.86 bits per heavy atom. The third kappa shape index (κ3) is 2.66. The van der Waals surface area contributed by atoms with Crippen LogP contribution in [0.4, 0.5) is 0 Å². The number of para-hydroxylation sites is 2. The predicted octanol–water partition coefficient (Wildman–Crippen LogP) is 3.91. The maximum atomic E-state index is 8.88. The van der Waals surface area contributed by atoms with Crippen LogP contribution in [-0.4, -0.2) is 9.55 Å². The van der Waals surface area contributed by atoms with Crippen molar-refractivity contribution in [3.63, 3.8) is 0 Å². The number of nitriles is 1. The molecule has 0 aliphatic rings. The van der Waals surface area contributed by atoms with Crippen molar-refractivity contribution < 1.29 is 0 Å². The number of aryl methyl sites for hydroxylation is 1. The van der Waals surface area contributed by atoms with Gasteiger partial charge in [-0.2, -0.15) is 5.26 Å². The van der Waals surface area contributed by atoms with Crippen LogP contribution in [-0.2, 0) is 13.0 Å². The Balaban J connectivity index is 2.01. The average Bonchev–Trinajstić information content (AvgIpc) is 2.86. The van der Waals surface area contributed by atoms with Crippen molar-refractivity contribution in [3.8, 4) is 6.07 Å². The van der Waals surface area contributed by atoms with Crippen LogP contribution in [0.3, 0.4) is 0 Å². The molecule has 0 bridgehead atoms. The molecule has 3 nitrogen and oxygen atoms in total. The van der Waals surface area contributed by atoms with E-state index in [9.17, 15) is 0 Å². The molecule has 0 spiro atoms. The molecule has 0 aliphatic heterocycles. The van der Waals surface area contributed by atoms with Gasteiger partial charge in [0.1, 0.15) is 5.82 Å². The first-order valence-electron chi connectivity index (χ1n) is 7.25. The predicted molar refractivity (Wildman–Crippen MR) is 84.0 cm³/mol. The fraction of sp³-hybridized carbons (Fsp3) is 0.222. The van der Waals surface area contributed by atoms with E-state index >= 15 is 0 Å². The summed E-state index contributed by atoms with van der Waals surface area (Å²) >= 11 is 0. The van der Waals surface area contributed by atoms with Crippen LogP contribution >= 0.6 is 0 Å². The monoisotopic (exact) mass is 275 g/mol. The molecular weight excluding hydrogens is 258 g/mol. The fourth-order valence-corrected chi connectivity index (χ4v) is 2.58. The van der Waals surface area contributed by atoms with Crippen molar-refractivity contribution in [2.24, 2.45) is 0 Å². The Morgan fingerprint density at radius 1 is 1.10 bits per heavy atom. The van der Waals surface area contributed by atoms with Gasteiger partial charge in [0, 0.05) is 13.0 Å². The summed E-state index contributed by atoms with van der Waals surface area (Å²) in [6, 6.07) is 18.2. The summed E-state index contributed by atoms with van der Waals surface area (Å²) < 4.78 is 2.28. The van der Waals surface area contributed by atoms with Crippen molar-refractivity contribution >= 4 is 11.0 Å². The van der Waals surface area contributed by atoms with E-state index in [1.807, 2.05) is 30.3 Å². The molecule has 21 heavy (non-hydrogen) atoms. The van der Waals surface area contributed by atoms with Gasteiger partial charge in [-0.15, -0.1) is 0 Å². The molecule has 3 heteroatoms. The molecular formula is C18H17N3. The first-order chi connectivity index (χ1) is 10.3. The molecule has 0 radical (unpaired) electrons. The van der Waals surface area contributed by atoms with Crippen LogP contribution in [0.15, 0.2) is 48.5 Å². The van der Waals surface area contributed by atoms with Crippen LogP contribution in [0.5, 0.6) is 0 Å². The highest BCUT2D eigenvalue weighted by molar-refractivity contribution is 5.76.